The highest BCUT2D eigenvalue weighted by Gasteiger charge is 2.44. The molecule has 32 heavy (non-hydrogen) atoms. The largest absolute Gasteiger partial charge is 0.465 e. The maximum Gasteiger partial charge on any atom is 0.408 e. The minimum atomic E-state index is -1.06. The number of fused-ring (bicyclic) bond motifs is 1. The molecule has 172 valence electrons. The smallest absolute Gasteiger partial charge is 0.408 e. The summed E-state index contributed by atoms with van der Waals surface area (Å²) in [6.07, 6.45) is 0.476. The van der Waals surface area contributed by atoms with Gasteiger partial charge in [-0.3, -0.25) is 4.79 Å². The summed E-state index contributed by atoms with van der Waals surface area (Å²) in [5.74, 6) is -2.49. The van der Waals surface area contributed by atoms with Crippen LogP contribution in [0.15, 0.2) is 46.8 Å². The molecule has 0 aromatic heterocycles. The number of thioether (sulfide) groups is 1. The number of rotatable bonds is 4. The summed E-state index contributed by atoms with van der Waals surface area (Å²) in [6.45, 7) is 5.20. The van der Waals surface area contributed by atoms with Crippen molar-refractivity contribution in [3.05, 3.63) is 58.2 Å². The minimum Gasteiger partial charge on any atom is -0.465 e. The Morgan fingerprint density at radius 3 is 2.47 bits per heavy atom. The third-order valence-corrected chi connectivity index (χ3v) is 5.93. The standard InChI is InChI=1S/C22H24F2N2O5S/c1-22(2,3)31-21(29)25-15-11-32-19-16(24)14(20(28)30-4)10-26(17(19)18(15)27)9-12-5-7-13(23)8-6-12/h5-8,10,15,17H,9,11H2,1-4H3,(H,25,29)/t15-,17?/m0/s1. The van der Waals surface area contributed by atoms with Gasteiger partial charge in [-0.25, -0.2) is 18.4 Å². The van der Waals surface area contributed by atoms with Crippen molar-refractivity contribution in [2.75, 3.05) is 12.9 Å². The Morgan fingerprint density at radius 1 is 1.22 bits per heavy atom. The van der Waals surface area contributed by atoms with Gasteiger partial charge in [-0.15, -0.1) is 11.8 Å². The zero-order valence-electron chi connectivity index (χ0n) is 18.1. The number of nitrogens with one attached hydrogen (secondary N) is 1. The van der Waals surface area contributed by atoms with Crippen LogP contribution in [0.3, 0.4) is 0 Å². The molecular weight excluding hydrogens is 442 g/mol. The predicted molar refractivity (Wildman–Crippen MR) is 115 cm³/mol. The lowest BCUT2D eigenvalue weighted by Crippen LogP contribution is -2.55. The molecule has 1 aromatic carbocycles. The number of carbonyl (C=O) groups is 3. The molecule has 0 saturated carbocycles. The second-order valence-corrected chi connectivity index (χ2v) is 9.39. The average molecular weight is 467 g/mol. The predicted octanol–water partition coefficient (Wildman–Crippen LogP) is 3.46. The van der Waals surface area contributed by atoms with E-state index in [2.05, 4.69) is 10.1 Å². The van der Waals surface area contributed by atoms with E-state index in [-0.39, 0.29) is 22.8 Å². The molecule has 1 amide bonds. The van der Waals surface area contributed by atoms with Gasteiger partial charge in [0.2, 0.25) is 0 Å². The SMILES string of the molecule is COC(=O)C1=CN(Cc2ccc(F)cc2)C2C(=O)[C@@H](NC(=O)OC(C)(C)C)CSC2=C1F. The minimum absolute atomic E-state index is 0.0715. The Labute approximate surface area is 188 Å². The Balaban J connectivity index is 1.90. The van der Waals surface area contributed by atoms with Gasteiger partial charge in [0.05, 0.1) is 12.0 Å². The molecule has 1 fully saturated rings. The Kier molecular flexibility index (Phi) is 6.92. The van der Waals surface area contributed by atoms with Crippen LogP contribution in [0.4, 0.5) is 13.6 Å². The number of esters is 1. The average Bonchev–Trinajstić information content (AvgIpc) is 2.71. The molecule has 2 aliphatic heterocycles. The van der Waals surface area contributed by atoms with Crippen LogP contribution >= 0.6 is 11.8 Å². The number of Topliss-reactive ketones (excluding diaryl/α,β-unsaturated/α-hetero) is 1. The van der Waals surface area contributed by atoms with E-state index in [1.54, 1.807) is 20.8 Å². The van der Waals surface area contributed by atoms with Gasteiger partial charge < -0.3 is 19.7 Å². The second-order valence-electron chi connectivity index (χ2n) is 8.33. The van der Waals surface area contributed by atoms with Crippen molar-refractivity contribution >= 4 is 29.6 Å². The molecule has 1 saturated heterocycles. The lowest BCUT2D eigenvalue weighted by atomic mass is 9.98. The molecular formula is C22H24F2N2O5S. The molecule has 2 heterocycles. The molecule has 3 rings (SSSR count). The lowest BCUT2D eigenvalue weighted by molar-refractivity contribution is -0.136. The summed E-state index contributed by atoms with van der Waals surface area (Å²) in [7, 11) is 1.14. The fraction of sp³-hybridized carbons (Fsp3) is 0.409. The number of amides is 1. The lowest BCUT2D eigenvalue weighted by Gasteiger charge is -2.40. The maximum absolute atomic E-state index is 15.1. The third kappa shape index (κ3) is 5.29. The highest BCUT2D eigenvalue weighted by atomic mass is 32.2. The molecule has 10 heteroatoms. The monoisotopic (exact) mass is 466 g/mol. The molecule has 1 N–H and O–H groups in total. The Morgan fingerprint density at radius 2 is 1.88 bits per heavy atom. The first kappa shape index (κ1) is 23.8. The van der Waals surface area contributed by atoms with Crippen molar-refractivity contribution in [2.24, 2.45) is 0 Å². The van der Waals surface area contributed by atoms with Crippen LogP contribution in [0.25, 0.3) is 0 Å². The fourth-order valence-electron chi connectivity index (χ4n) is 3.33. The van der Waals surface area contributed by atoms with Crippen molar-refractivity contribution < 1.29 is 32.6 Å². The molecule has 1 unspecified atom stereocenters. The van der Waals surface area contributed by atoms with Crippen molar-refractivity contribution in [3.8, 4) is 0 Å². The number of methoxy groups -OCH3 is 1. The van der Waals surface area contributed by atoms with Crippen LogP contribution in [0.2, 0.25) is 0 Å². The Hall–Kier alpha value is -2.88. The summed E-state index contributed by atoms with van der Waals surface area (Å²) >= 11 is 1.04. The van der Waals surface area contributed by atoms with Gasteiger partial charge in [0, 0.05) is 18.5 Å². The molecule has 1 aromatic rings. The zero-order valence-corrected chi connectivity index (χ0v) is 18.9. The quantitative estimate of drug-likeness (QED) is 0.681. The third-order valence-electron chi connectivity index (χ3n) is 4.72. The highest BCUT2D eigenvalue weighted by molar-refractivity contribution is 8.03. The number of halogens is 2. The van der Waals surface area contributed by atoms with E-state index in [0.717, 1.165) is 18.9 Å². The molecule has 7 nitrogen and oxygen atoms in total. The fourth-order valence-corrected chi connectivity index (χ4v) is 4.57. The van der Waals surface area contributed by atoms with Crippen molar-refractivity contribution in [2.45, 2.75) is 45.0 Å². The van der Waals surface area contributed by atoms with E-state index in [4.69, 9.17) is 4.74 Å². The van der Waals surface area contributed by atoms with Gasteiger partial charge in [0.25, 0.3) is 0 Å². The number of alkyl carbamates (subject to hydrolysis) is 1. The van der Waals surface area contributed by atoms with Crippen LogP contribution < -0.4 is 5.32 Å². The zero-order chi connectivity index (χ0) is 23.6. The van der Waals surface area contributed by atoms with Crippen LogP contribution in [0, 0.1) is 5.82 Å². The summed E-state index contributed by atoms with van der Waals surface area (Å²) in [5.41, 5.74) is -0.405. The van der Waals surface area contributed by atoms with Crippen LogP contribution in [0.5, 0.6) is 0 Å². The molecule has 2 atom stereocenters. The van der Waals surface area contributed by atoms with Crippen LogP contribution in [0.1, 0.15) is 26.3 Å². The maximum atomic E-state index is 15.1. The number of ketones is 1. The second kappa shape index (κ2) is 9.32. The summed E-state index contributed by atoms with van der Waals surface area (Å²) < 4.78 is 38.3. The molecule has 0 bridgehead atoms. The van der Waals surface area contributed by atoms with Crippen molar-refractivity contribution in [3.63, 3.8) is 0 Å². The number of hydrogen-bond acceptors (Lipinski definition) is 7. The topological polar surface area (TPSA) is 84.9 Å². The Bertz CT molecular complexity index is 985. The van der Waals surface area contributed by atoms with E-state index in [0.29, 0.717) is 5.56 Å². The van der Waals surface area contributed by atoms with E-state index in [9.17, 15) is 18.8 Å². The highest BCUT2D eigenvalue weighted by Crippen LogP contribution is 2.40. The number of ether oxygens (including phenoxy) is 2. The van der Waals surface area contributed by atoms with Crippen molar-refractivity contribution in [1.29, 1.82) is 0 Å². The van der Waals surface area contributed by atoms with Gasteiger partial charge in [0.15, 0.2) is 11.6 Å². The van der Waals surface area contributed by atoms with Gasteiger partial charge in [-0.1, -0.05) is 12.1 Å². The molecule has 0 spiro atoms. The van der Waals surface area contributed by atoms with Gasteiger partial charge in [0.1, 0.15) is 29.1 Å². The van der Waals surface area contributed by atoms with E-state index < -0.39 is 47.2 Å². The van der Waals surface area contributed by atoms with Crippen LogP contribution in [-0.4, -0.2) is 53.3 Å². The van der Waals surface area contributed by atoms with E-state index in [1.165, 1.54) is 35.4 Å². The summed E-state index contributed by atoms with van der Waals surface area (Å²) in [4.78, 5) is 39.1. The first-order valence-electron chi connectivity index (χ1n) is 9.86. The van der Waals surface area contributed by atoms with Crippen LogP contribution in [-0.2, 0) is 25.6 Å². The number of benzene rings is 1. The first-order chi connectivity index (χ1) is 15.0. The summed E-state index contributed by atoms with van der Waals surface area (Å²) in [5, 5.41) is 2.54. The normalized spacial score (nSPS) is 21.0. The molecule has 0 radical (unpaired) electrons. The van der Waals surface area contributed by atoms with E-state index in [1.807, 2.05) is 0 Å². The van der Waals surface area contributed by atoms with Crippen molar-refractivity contribution in [1.82, 2.24) is 10.2 Å². The van der Waals surface area contributed by atoms with Gasteiger partial charge in [-0.05, 0) is 38.5 Å². The van der Waals surface area contributed by atoms with Gasteiger partial charge >= 0.3 is 12.1 Å². The molecule has 0 aliphatic carbocycles. The van der Waals surface area contributed by atoms with Gasteiger partial charge in [-0.2, -0.15) is 0 Å². The first-order valence-corrected chi connectivity index (χ1v) is 10.8. The number of nitrogens with zero attached hydrogens (tertiary/aromatic N) is 1. The summed E-state index contributed by atoms with van der Waals surface area (Å²) in [6, 6.07) is 3.63. The number of carbonyl (C=O) groups excluding carboxylic acids is 3. The van der Waals surface area contributed by atoms with E-state index >= 15 is 4.39 Å². The molecule has 2 aliphatic rings. The number of hydrogen-bond donors (Lipinski definition) is 1.